The lowest BCUT2D eigenvalue weighted by Crippen LogP contribution is -1.82. The minimum absolute atomic E-state index is 0.790. The third kappa shape index (κ3) is 1.66. The van der Waals surface area contributed by atoms with E-state index in [1.54, 1.807) is 0 Å². The van der Waals surface area contributed by atoms with Crippen LogP contribution < -0.4 is 0 Å². The van der Waals surface area contributed by atoms with E-state index in [9.17, 15) is 0 Å². The summed E-state index contributed by atoms with van der Waals surface area (Å²) in [6, 6.07) is 17.1. The van der Waals surface area contributed by atoms with Gasteiger partial charge in [-0.15, -0.1) is 0 Å². The molecule has 0 nitrogen and oxygen atoms in total. The monoisotopic (exact) mass is 201 g/mol. The van der Waals surface area contributed by atoms with Gasteiger partial charge in [-0.05, 0) is 24.1 Å². The largest absolute Gasteiger partial charge is 0.0833 e. The summed E-state index contributed by atoms with van der Waals surface area (Å²) in [6.45, 7) is 1.97. The van der Waals surface area contributed by atoms with Gasteiger partial charge in [-0.1, -0.05) is 54.1 Å². The molecule has 2 rings (SSSR count). The highest BCUT2D eigenvalue weighted by Gasteiger charge is 2.03. The quantitative estimate of drug-likeness (QED) is 0.651. The molecule has 0 unspecified atom stereocenters. The van der Waals surface area contributed by atoms with Gasteiger partial charge in [-0.3, -0.25) is 0 Å². The molecule has 0 heterocycles. The van der Waals surface area contributed by atoms with Crippen LogP contribution in [-0.4, -0.2) is 0 Å². The lowest BCUT2D eigenvalue weighted by atomic mass is 10.0. The summed E-state index contributed by atoms with van der Waals surface area (Å²) in [5, 5.41) is 0.790. The molecule has 0 fully saturated rings. The highest BCUT2D eigenvalue weighted by molar-refractivity contribution is 6.34. The maximum atomic E-state index is 6.20. The van der Waals surface area contributed by atoms with Crippen molar-refractivity contribution >= 4 is 11.6 Å². The first-order valence-corrected chi connectivity index (χ1v) is 4.89. The third-order valence-corrected chi connectivity index (χ3v) is 2.69. The van der Waals surface area contributed by atoms with Crippen molar-refractivity contribution < 1.29 is 0 Å². The summed E-state index contributed by atoms with van der Waals surface area (Å²) in [4.78, 5) is 0. The van der Waals surface area contributed by atoms with Gasteiger partial charge in [0.2, 0.25) is 0 Å². The van der Waals surface area contributed by atoms with Crippen molar-refractivity contribution in [2.45, 2.75) is 6.92 Å². The van der Waals surface area contributed by atoms with Gasteiger partial charge < -0.3 is 0 Å². The van der Waals surface area contributed by atoms with Crippen molar-refractivity contribution in [3.63, 3.8) is 0 Å². The molecule has 0 spiro atoms. The smallest absolute Gasteiger partial charge is 0.0519 e. The Morgan fingerprint density at radius 3 is 2.50 bits per heavy atom. The van der Waals surface area contributed by atoms with E-state index >= 15 is 0 Å². The summed E-state index contributed by atoms with van der Waals surface area (Å²) in [5.74, 6) is 0. The Hall–Kier alpha value is -1.27. The van der Waals surface area contributed by atoms with Crippen LogP contribution in [-0.2, 0) is 0 Å². The Morgan fingerprint density at radius 2 is 1.79 bits per heavy atom. The molecule has 1 radical (unpaired) electrons. The molecule has 0 aromatic heterocycles. The van der Waals surface area contributed by atoms with E-state index in [4.69, 9.17) is 11.6 Å². The van der Waals surface area contributed by atoms with Crippen LogP contribution in [0, 0.1) is 13.0 Å². The van der Waals surface area contributed by atoms with E-state index < -0.39 is 0 Å². The van der Waals surface area contributed by atoms with E-state index in [1.807, 2.05) is 37.3 Å². The second-order valence-electron chi connectivity index (χ2n) is 3.20. The zero-order chi connectivity index (χ0) is 9.97. The Morgan fingerprint density at radius 1 is 1.07 bits per heavy atom. The molecule has 0 bridgehead atoms. The minimum atomic E-state index is 0.790. The normalized spacial score (nSPS) is 10.1. The summed E-state index contributed by atoms with van der Waals surface area (Å²) in [6.07, 6.45) is 0. The zero-order valence-corrected chi connectivity index (χ0v) is 8.68. The molecule has 0 saturated carbocycles. The van der Waals surface area contributed by atoms with E-state index in [0.717, 1.165) is 21.7 Å². The van der Waals surface area contributed by atoms with Gasteiger partial charge in [-0.25, -0.2) is 0 Å². The van der Waals surface area contributed by atoms with Gasteiger partial charge in [0.25, 0.3) is 0 Å². The molecule has 0 saturated heterocycles. The lowest BCUT2D eigenvalue weighted by molar-refractivity contribution is 1.45. The van der Waals surface area contributed by atoms with Crippen LogP contribution in [0.3, 0.4) is 0 Å². The topological polar surface area (TPSA) is 0 Å². The summed E-state index contributed by atoms with van der Waals surface area (Å²) < 4.78 is 0. The number of hydrogen-bond acceptors (Lipinski definition) is 0. The second-order valence-corrected chi connectivity index (χ2v) is 3.57. The third-order valence-electron chi connectivity index (χ3n) is 2.20. The Labute approximate surface area is 89.2 Å². The van der Waals surface area contributed by atoms with Crippen LogP contribution in [0.4, 0.5) is 0 Å². The van der Waals surface area contributed by atoms with Gasteiger partial charge in [0.05, 0.1) is 5.02 Å². The van der Waals surface area contributed by atoms with E-state index in [2.05, 4.69) is 18.2 Å². The summed E-state index contributed by atoms with van der Waals surface area (Å²) >= 11 is 6.20. The molecule has 0 aliphatic heterocycles. The Kier molecular flexibility index (Phi) is 2.55. The predicted octanol–water partition coefficient (Wildman–Crippen LogP) is 4.12. The van der Waals surface area contributed by atoms with Gasteiger partial charge >= 0.3 is 0 Å². The fourth-order valence-corrected chi connectivity index (χ4v) is 1.66. The molecule has 14 heavy (non-hydrogen) atoms. The minimum Gasteiger partial charge on any atom is -0.0833 e. The van der Waals surface area contributed by atoms with Crippen molar-refractivity contribution in [2.24, 2.45) is 0 Å². The van der Waals surface area contributed by atoms with Gasteiger partial charge in [-0.2, -0.15) is 0 Å². The maximum absolute atomic E-state index is 6.20. The zero-order valence-electron chi connectivity index (χ0n) is 7.92. The average Bonchev–Trinajstić information content (AvgIpc) is 2.23. The highest BCUT2D eigenvalue weighted by atomic mass is 35.5. The number of benzene rings is 2. The molecule has 0 N–H and O–H groups in total. The first-order chi connectivity index (χ1) is 6.79. The highest BCUT2D eigenvalue weighted by Crippen LogP contribution is 2.29. The van der Waals surface area contributed by atoms with E-state index in [0.29, 0.717) is 0 Å². The first kappa shape index (κ1) is 9.29. The van der Waals surface area contributed by atoms with Crippen molar-refractivity contribution in [3.8, 4) is 11.1 Å². The summed E-state index contributed by atoms with van der Waals surface area (Å²) in [7, 11) is 0. The first-order valence-electron chi connectivity index (χ1n) is 4.51. The molecule has 0 aliphatic rings. The van der Waals surface area contributed by atoms with Crippen LogP contribution in [0.1, 0.15) is 5.56 Å². The Balaban J connectivity index is 2.58. The molecule has 2 aromatic carbocycles. The van der Waals surface area contributed by atoms with Gasteiger partial charge in [0.1, 0.15) is 0 Å². The van der Waals surface area contributed by atoms with Crippen LogP contribution >= 0.6 is 11.6 Å². The molecule has 0 atom stereocenters. The van der Waals surface area contributed by atoms with Crippen molar-refractivity contribution in [1.82, 2.24) is 0 Å². The summed E-state index contributed by atoms with van der Waals surface area (Å²) in [5.41, 5.74) is 3.21. The maximum Gasteiger partial charge on any atom is 0.0519 e. The van der Waals surface area contributed by atoms with E-state index in [1.165, 1.54) is 0 Å². The lowest BCUT2D eigenvalue weighted by Gasteiger charge is -2.05. The van der Waals surface area contributed by atoms with E-state index in [-0.39, 0.29) is 0 Å². The Bertz CT molecular complexity index is 432. The number of rotatable bonds is 1. The molecular formula is C13H10Cl. The average molecular weight is 202 g/mol. The standard InChI is InChI=1S/C13H10Cl/c1-10-6-5-9-12(13(10)14)11-7-3-2-4-8-11/h2-5,7-9H,1H3. The molecule has 69 valence electrons. The molecule has 2 aromatic rings. The number of halogens is 1. The molecule has 0 aliphatic carbocycles. The van der Waals surface area contributed by atoms with Gasteiger partial charge in [0.15, 0.2) is 0 Å². The predicted molar refractivity (Wildman–Crippen MR) is 60.5 cm³/mol. The molecule has 0 amide bonds. The SMILES string of the molecule is Cc1[c]ccc(-c2ccccc2)c1Cl. The van der Waals surface area contributed by atoms with Crippen LogP contribution in [0.5, 0.6) is 0 Å². The van der Waals surface area contributed by atoms with Crippen LogP contribution in [0.15, 0.2) is 42.5 Å². The van der Waals surface area contributed by atoms with Crippen LogP contribution in [0.2, 0.25) is 5.02 Å². The molecule has 1 heteroatoms. The van der Waals surface area contributed by atoms with Crippen molar-refractivity contribution in [2.75, 3.05) is 0 Å². The van der Waals surface area contributed by atoms with Gasteiger partial charge in [0, 0.05) is 5.56 Å². The fourth-order valence-electron chi connectivity index (χ4n) is 1.43. The fraction of sp³-hybridized carbons (Fsp3) is 0.0769. The molecular weight excluding hydrogens is 192 g/mol. The van der Waals surface area contributed by atoms with Crippen molar-refractivity contribution in [3.05, 3.63) is 59.1 Å². The van der Waals surface area contributed by atoms with Crippen molar-refractivity contribution in [1.29, 1.82) is 0 Å². The second kappa shape index (κ2) is 3.85. The number of aryl methyl sites for hydroxylation is 1. The van der Waals surface area contributed by atoms with Crippen LogP contribution in [0.25, 0.3) is 11.1 Å². The number of hydrogen-bond donors (Lipinski definition) is 0.